The van der Waals surface area contributed by atoms with Gasteiger partial charge in [-0.1, -0.05) is 13.8 Å². The lowest BCUT2D eigenvalue weighted by atomic mass is 10.1. The van der Waals surface area contributed by atoms with Crippen molar-refractivity contribution in [3.8, 4) is 0 Å². The Kier molecular flexibility index (Phi) is 5.33. The number of aliphatic hydroxyl groups excluding tert-OH is 1. The average Bonchev–Trinajstić information content (AvgIpc) is 2.14. The fraction of sp³-hybridized carbons (Fsp3) is 1.00. The zero-order valence-corrected chi connectivity index (χ0v) is 7.52. The second-order valence-electron chi connectivity index (χ2n) is 2.54. The number of aliphatic hydroxyl groups is 1. The zero-order valence-electron chi connectivity index (χ0n) is 7.52. The molecule has 1 aliphatic heterocycles. The van der Waals surface area contributed by atoms with Crippen LogP contribution in [0.2, 0.25) is 0 Å². The molecule has 1 rings (SSSR count). The third-order valence-corrected chi connectivity index (χ3v) is 1.46. The number of rotatable bonds is 0. The van der Waals surface area contributed by atoms with Crippen molar-refractivity contribution in [2.45, 2.75) is 38.7 Å². The summed E-state index contributed by atoms with van der Waals surface area (Å²) in [5, 5.41) is 8.82. The van der Waals surface area contributed by atoms with E-state index in [0.717, 1.165) is 0 Å². The van der Waals surface area contributed by atoms with Crippen LogP contribution in [0, 0.1) is 0 Å². The Labute approximate surface area is 71.5 Å². The summed E-state index contributed by atoms with van der Waals surface area (Å²) >= 11 is 0. The van der Waals surface area contributed by atoms with E-state index in [-0.39, 0.29) is 19.6 Å². The van der Waals surface area contributed by atoms with E-state index in [9.17, 15) is 8.78 Å². The molecular formula is C8H16F2O2. The van der Waals surface area contributed by atoms with Gasteiger partial charge in [0.2, 0.25) is 0 Å². The predicted molar refractivity (Wildman–Crippen MR) is 42.4 cm³/mol. The Balaban J connectivity index is 0.000000561. The summed E-state index contributed by atoms with van der Waals surface area (Å²) in [7, 11) is 0. The molecule has 4 heteroatoms. The van der Waals surface area contributed by atoms with Crippen molar-refractivity contribution in [2.75, 3.05) is 13.2 Å². The van der Waals surface area contributed by atoms with Crippen LogP contribution < -0.4 is 0 Å². The van der Waals surface area contributed by atoms with Crippen LogP contribution in [0.25, 0.3) is 0 Å². The molecule has 1 saturated heterocycles. The van der Waals surface area contributed by atoms with E-state index in [2.05, 4.69) is 0 Å². The first-order valence-corrected chi connectivity index (χ1v) is 4.24. The predicted octanol–water partition coefficient (Wildman–Crippen LogP) is 1.82. The molecule has 0 saturated carbocycles. The molecule has 0 aliphatic carbocycles. The maximum atomic E-state index is 12.5. The lowest BCUT2D eigenvalue weighted by Gasteiger charge is -2.13. The van der Waals surface area contributed by atoms with Gasteiger partial charge in [0.15, 0.2) is 0 Å². The first-order chi connectivity index (χ1) is 5.60. The van der Waals surface area contributed by atoms with Gasteiger partial charge in [0, 0.05) is 12.8 Å². The highest BCUT2D eigenvalue weighted by molar-refractivity contribution is 4.73. The zero-order chi connectivity index (χ0) is 9.61. The third-order valence-electron chi connectivity index (χ3n) is 1.46. The highest BCUT2D eigenvalue weighted by Crippen LogP contribution is 2.26. The van der Waals surface area contributed by atoms with Crippen LogP contribution in [0.15, 0.2) is 0 Å². The van der Waals surface area contributed by atoms with E-state index in [4.69, 9.17) is 9.84 Å². The minimum Gasteiger partial charge on any atom is -0.390 e. The number of halogens is 2. The summed E-state index contributed by atoms with van der Waals surface area (Å²) in [5.74, 6) is -2.74. The minimum absolute atomic E-state index is 0.0373. The van der Waals surface area contributed by atoms with Crippen LogP contribution in [0.3, 0.4) is 0 Å². The monoisotopic (exact) mass is 182 g/mol. The van der Waals surface area contributed by atoms with Crippen molar-refractivity contribution in [3.63, 3.8) is 0 Å². The smallest absolute Gasteiger partial charge is 0.252 e. The standard InChI is InChI=1S/C6H10F2O2.C2H6/c7-6(8)1-2-10-4-5(9)3-6;1-2/h5,9H,1-4H2;1-2H3. The van der Waals surface area contributed by atoms with Gasteiger partial charge >= 0.3 is 0 Å². The fourth-order valence-electron chi connectivity index (χ4n) is 0.947. The Morgan fingerprint density at radius 3 is 2.58 bits per heavy atom. The van der Waals surface area contributed by atoms with Crippen molar-refractivity contribution < 1.29 is 18.6 Å². The molecule has 0 radical (unpaired) electrons. The lowest BCUT2D eigenvalue weighted by Crippen LogP contribution is -2.23. The van der Waals surface area contributed by atoms with Crippen molar-refractivity contribution in [2.24, 2.45) is 0 Å². The van der Waals surface area contributed by atoms with E-state index in [1.165, 1.54) is 0 Å². The molecule has 2 nitrogen and oxygen atoms in total. The molecule has 1 atom stereocenters. The van der Waals surface area contributed by atoms with E-state index in [0.29, 0.717) is 0 Å². The lowest BCUT2D eigenvalue weighted by molar-refractivity contribution is -0.0386. The van der Waals surface area contributed by atoms with Gasteiger partial charge in [-0.25, -0.2) is 8.78 Å². The normalized spacial score (nSPS) is 28.2. The molecule has 1 unspecified atom stereocenters. The van der Waals surface area contributed by atoms with Crippen molar-refractivity contribution in [1.82, 2.24) is 0 Å². The Morgan fingerprint density at radius 2 is 2.00 bits per heavy atom. The van der Waals surface area contributed by atoms with Crippen molar-refractivity contribution in [3.05, 3.63) is 0 Å². The van der Waals surface area contributed by atoms with Gasteiger partial charge in [0.1, 0.15) is 0 Å². The SMILES string of the molecule is CC.OC1COCCC(F)(F)C1. The average molecular weight is 182 g/mol. The number of hydrogen-bond acceptors (Lipinski definition) is 2. The molecule has 1 fully saturated rings. The molecule has 0 amide bonds. The second-order valence-corrected chi connectivity index (χ2v) is 2.54. The Hall–Kier alpha value is -0.220. The van der Waals surface area contributed by atoms with Gasteiger partial charge in [-0.05, 0) is 0 Å². The number of hydrogen-bond donors (Lipinski definition) is 1. The van der Waals surface area contributed by atoms with Crippen LogP contribution in [0.5, 0.6) is 0 Å². The minimum atomic E-state index is -2.74. The van der Waals surface area contributed by atoms with Gasteiger partial charge in [-0.3, -0.25) is 0 Å². The highest BCUT2D eigenvalue weighted by Gasteiger charge is 2.33. The Bertz CT molecular complexity index is 118. The van der Waals surface area contributed by atoms with Gasteiger partial charge in [-0.2, -0.15) is 0 Å². The summed E-state index contributed by atoms with van der Waals surface area (Å²) in [6.45, 7) is 4.08. The molecule has 12 heavy (non-hydrogen) atoms. The third kappa shape index (κ3) is 4.62. The first kappa shape index (κ1) is 11.8. The molecule has 0 spiro atoms. The van der Waals surface area contributed by atoms with E-state index >= 15 is 0 Å². The van der Waals surface area contributed by atoms with E-state index < -0.39 is 18.4 Å². The van der Waals surface area contributed by atoms with Gasteiger partial charge in [0.25, 0.3) is 5.92 Å². The molecule has 0 aromatic carbocycles. The maximum Gasteiger partial charge on any atom is 0.252 e. The highest BCUT2D eigenvalue weighted by atomic mass is 19.3. The summed E-state index contributed by atoms with van der Waals surface area (Å²) in [6, 6.07) is 0. The quantitative estimate of drug-likeness (QED) is 0.619. The first-order valence-electron chi connectivity index (χ1n) is 4.24. The largest absolute Gasteiger partial charge is 0.390 e. The molecule has 0 aromatic heterocycles. The van der Waals surface area contributed by atoms with Gasteiger partial charge in [0.05, 0.1) is 19.3 Å². The second kappa shape index (κ2) is 5.43. The summed E-state index contributed by atoms with van der Waals surface area (Å²) in [4.78, 5) is 0. The number of alkyl halides is 2. The van der Waals surface area contributed by atoms with Crippen LogP contribution in [-0.2, 0) is 4.74 Å². The number of ether oxygens (including phenoxy) is 1. The van der Waals surface area contributed by atoms with Crippen molar-refractivity contribution >= 4 is 0 Å². The van der Waals surface area contributed by atoms with Crippen LogP contribution in [-0.4, -0.2) is 30.3 Å². The maximum absolute atomic E-state index is 12.5. The van der Waals surface area contributed by atoms with Crippen LogP contribution in [0.4, 0.5) is 8.78 Å². The summed E-state index contributed by atoms with van der Waals surface area (Å²) in [6.07, 6.45) is -1.74. The molecule has 0 bridgehead atoms. The summed E-state index contributed by atoms with van der Waals surface area (Å²) < 4.78 is 29.7. The van der Waals surface area contributed by atoms with Crippen molar-refractivity contribution in [1.29, 1.82) is 0 Å². The molecular weight excluding hydrogens is 166 g/mol. The van der Waals surface area contributed by atoms with Gasteiger partial charge in [-0.15, -0.1) is 0 Å². The van der Waals surface area contributed by atoms with Gasteiger partial charge < -0.3 is 9.84 Å². The van der Waals surface area contributed by atoms with Crippen LogP contribution in [0.1, 0.15) is 26.7 Å². The topological polar surface area (TPSA) is 29.5 Å². The Morgan fingerprint density at radius 1 is 1.42 bits per heavy atom. The van der Waals surface area contributed by atoms with E-state index in [1.54, 1.807) is 0 Å². The molecule has 1 N–H and O–H groups in total. The molecule has 1 aliphatic rings. The fourth-order valence-corrected chi connectivity index (χ4v) is 0.947. The molecule has 0 aromatic rings. The van der Waals surface area contributed by atoms with E-state index in [1.807, 2.05) is 13.8 Å². The van der Waals surface area contributed by atoms with Crippen LogP contribution >= 0.6 is 0 Å². The molecule has 74 valence electrons. The molecule has 1 heterocycles. The summed E-state index contributed by atoms with van der Waals surface area (Å²) in [5.41, 5.74) is 0.